The van der Waals surface area contributed by atoms with Crippen molar-refractivity contribution in [3.05, 3.63) is 69.6 Å². The third kappa shape index (κ3) is 4.28. The number of anilines is 2. The standard InChI is InChI=1S/C19H15F3N2O2S/c1-10-3-6-15(11(2)7-10)24-18(27)23-12-4-5-13-14(19(20,21)22)9-17(25)26-16(13)8-12/h3-9H,1-2H3,(H2,23,24,27). The summed E-state index contributed by atoms with van der Waals surface area (Å²) in [5.41, 5.74) is 1.05. The number of fused-ring (bicyclic) bond motifs is 1. The van der Waals surface area contributed by atoms with Crippen LogP contribution in [0, 0.1) is 13.8 Å². The highest BCUT2D eigenvalue weighted by molar-refractivity contribution is 7.80. The number of hydrogen-bond acceptors (Lipinski definition) is 3. The highest BCUT2D eigenvalue weighted by Crippen LogP contribution is 2.34. The van der Waals surface area contributed by atoms with E-state index < -0.39 is 17.4 Å². The zero-order chi connectivity index (χ0) is 19.8. The predicted octanol–water partition coefficient (Wildman–Crippen LogP) is 5.24. The van der Waals surface area contributed by atoms with Crippen LogP contribution in [-0.2, 0) is 6.18 Å². The lowest BCUT2D eigenvalue weighted by atomic mass is 10.1. The number of thiocarbonyl (C=S) groups is 1. The van der Waals surface area contributed by atoms with E-state index in [0.717, 1.165) is 16.8 Å². The first-order valence-corrected chi connectivity index (χ1v) is 8.35. The Morgan fingerprint density at radius 3 is 2.44 bits per heavy atom. The fourth-order valence-corrected chi connectivity index (χ4v) is 2.94. The molecule has 2 N–H and O–H groups in total. The summed E-state index contributed by atoms with van der Waals surface area (Å²) in [6.07, 6.45) is -4.65. The van der Waals surface area contributed by atoms with Crippen molar-refractivity contribution >= 4 is 39.7 Å². The zero-order valence-corrected chi connectivity index (χ0v) is 15.2. The van der Waals surface area contributed by atoms with E-state index in [9.17, 15) is 18.0 Å². The molecule has 4 nitrogen and oxygen atoms in total. The fraction of sp³-hybridized carbons (Fsp3) is 0.158. The number of nitrogens with one attached hydrogen (secondary N) is 2. The summed E-state index contributed by atoms with van der Waals surface area (Å²) >= 11 is 5.25. The van der Waals surface area contributed by atoms with Crippen molar-refractivity contribution in [1.82, 2.24) is 0 Å². The van der Waals surface area contributed by atoms with Crippen LogP contribution < -0.4 is 16.3 Å². The van der Waals surface area contributed by atoms with Crippen LogP contribution in [0.15, 0.2) is 51.7 Å². The third-order valence-electron chi connectivity index (χ3n) is 3.94. The van der Waals surface area contributed by atoms with Gasteiger partial charge in [-0.2, -0.15) is 13.2 Å². The van der Waals surface area contributed by atoms with Crippen LogP contribution in [0.4, 0.5) is 24.5 Å². The first kappa shape index (κ1) is 18.9. The van der Waals surface area contributed by atoms with Gasteiger partial charge in [0, 0.05) is 28.9 Å². The van der Waals surface area contributed by atoms with E-state index in [0.29, 0.717) is 11.8 Å². The molecule has 0 spiro atoms. The second-order valence-electron chi connectivity index (χ2n) is 6.09. The fourth-order valence-electron chi connectivity index (χ4n) is 2.71. The summed E-state index contributed by atoms with van der Waals surface area (Å²) in [7, 11) is 0. The quantitative estimate of drug-likeness (QED) is 0.462. The Bertz CT molecular complexity index is 1090. The number of halogens is 3. The van der Waals surface area contributed by atoms with E-state index in [-0.39, 0.29) is 16.1 Å². The summed E-state index contributed by atoms with van der Waals surface area (Å²) < 4.78 is 44.2. The summed E-state index contributed by atoms with van der Waals surface area (Å²) in [6, 6.07) is 10.2. The molecule has 0 unspecified atom stereocenters. The second-order valence-corrected chi connectivity index (χ2v) is 6.49. The highest BCUT2D eigenvalue weighted by Gasteiger charge is 2.33. The Balaban J connectivity index is 1.87. The summed E-state index contributed by atoms with van der Waals surface area (Å²) in [6.45, 7) is 3.91. The molecule has 0 radical (unpaired) electrons. The van der Waals surface area contributed by atoms with E-state index in [2.05, 4.69) is 10.6 Å². The Morgan fingerprint density at radius 2 is 1.78 bits per heavy atom. The average Bonchev–Trinajstić information content (AvgIpc) is 2.55. The van der Waals surface area contributed by atoms with Crippen LogP contribution in [-0.4, -0.2) is 5.11 Å². The van der Waals surface area contributed by atoms with Gasteiger partial charge in [-0.25, -0.2) is 4.79 Å². The van der Waals surface area contributed by atoms with Crippen molar-refractivity contribution < 1.29 is 17.6 Å². The molecule has 0 aliphatic rings. The number of alkyl halides is 3. The molecule has 27 heavy (non-hydrogen) atoms. The van der Waals surface area contributed by atoms with Gasteiger partial charge in [-0.15, -0.1) is 0 Å². The molecule has 1 aromatic heterocycles. The van der Waals surface area contributed by atoms with Crippen molar-refractivity contribution in [3.8, 4) is 0 Å². The molecular weight excluding hydrogens is 377 g/mol. The molecule has 0 aliphatic heterocycles. The maximum atomic E-state index is 13.1. The molecule has 0 saturated carbocycles. The Labute approximate surface area is 158 Å². The molecule has 0 aliphatic carbocycles. The molecule has 0 fully saturated rings. The highest BCUT2D eigenvalue weighted by atomic mass is 32.1. The lowest BCUT2D eigenvalue weighted by Crippen LogP contribution is -2.19. The molecule has 8 heteroatoms. The summed E-state index contributed by atoms with van der Waals surface area (Å²) in [4.78, 5) is 11.5. The van der Waals surface area contributed by atoms with Gasteiger partial charge >= 0.3 is 11.8 Å². The van der Waals surface area contributed by atoms with E-state index in [1.165, 1.54) is 18.2 Å². The maximum absolute atomic E-state index is 13.1. The van der Waals surface area contributed by atoms with Gasteiger partial charge in [-0.05, 0) is 49.8 Å². The van der Waals surface area contributed by atoms with E-state index in [4.69, 9.17) is 16.6 Å². The van der Waals surface area contributed by atoms with Crippen molar-refractivity contribution in [3.63, 3.8) is 0 Å². The molecule has 0 atom stereocenters. The normalized spacial score (nSPS) is 11.4. The molecular formula is C19H15F3N2O2S. The molecule has 140 valence electrons. The first-order valence-electron chi connectivity index (χ1n) is 7.94. The molecule has 0 bridgehead atoms. The number of hydrogen-bond donors (Lipinski definition) is 2. The van der Waals surface area contributed by atoms with Gasteiger partial charge in [0.25, 0.3) is 0 Å². The van der Waals surface area contributed by atoms with E-state index >= 15 is 0 Å². The zero-order valence-electron chi connectivity index (χ0n) is 14.4. The smallest absolute Gasteiger partial charge is 0.417 e. The monoisotopic (exact) mass is 392 g/mol. The van der Waals surface area contributed by atoms with Crippen molar-refractivity contribution in [2.24, 2.45) is 0 Å². The van der Waals surface area contributed by atoms with E-state index in [1.54, 1.807) is 0 Å². The van der Waals surface area contributed by atoms with Crippen molar-refractivity contribution in [2.75, 3.05) is 10.6 Å². The minimum Gasteiger partial charge on any atom is -0.423 e. The van der Waals surface area contributed by atoms with Crippen LogP contribution in [0.1, 0.15) is 16.7 Å². The van der Waals surface area contributed by atoms with Gasteiger partial charge < -0.3 is 15.1 Å². The molecule has 3 rings (SSSR count). The molecule has 1 heterocycles. The summed E-state index contributed by atoms with van der Waals surface area (Å²) in [5.74, 6) is 0. The molecule has 0 saturated heterocycles. The predicted molar refractivity (Wildman–Crippen MR) is 103 cm³/mol. The van der Waals surface area contributed by atoms with Crippen molar-refractivity contribution in [1.29, 1.82) is 0 Å². The minimum absolute atomic E-state index is 0.172. The Morgan fingerprint density at radius 1 is 1.04 bits per heavy atom. The van der Waals surface area contributed by atoms with Crippen LogP contribution in [0.5, 0.6) is 0 Å². The SMILES string of the molecule is Cc1ccc(NC(=S)Nc2ccc3c(C(F)(F)F)cc(=O)oc3c2)c(C)c1. The number of aryl methyl sites for hydroxylation is 2. The van der Waals surface area contributed by atoms with Gasteiger partial charge in [0.2, 0.25) is 0 Å². The molecule has 3 aromatic rings. The maximum Gasteiger partial charge on any atom is 0.417 e. The number of benzene rings is 2. The van der Waals surface area contributed by atoms with Crippen molar-refractivity contribution in [2.45, 2.75) is 20.0 Å². The van der Waals surface area contributed by atoms with Gasteiger partial charge in [0.15, 0.2) is 5.11 Å². The van der Waals surface area contributed by atoms with Crippen LogP contribution in [0.2, 0.25) is 0 Å². The lowest BCUT2D eigenvalue weighted by Gasteiger charge is -2.14. The second kappa shape index (κ2) is 7.03. The number of rotatable bonds is 2. The van der Waals surface area contributed by atoms with Gasteiger partial charge in [-0.3, -0.25) is 0 Å². The molecule has 2 aromatic carbocycles. The minimum atomic E-state index is -4.65. The van der Waals surface area contributed by atoms with Crippen LogP contribution in [0.3, 0.4) is 0 Å². The Hall–Kier alpha value is -2.87. The summed E-state index contributed by atoms with van der Waals surface area (Å²) in [5, 5.41) is 5.97. The largest absolute Gasteiger partial charge is 0.423 e. The third-order valence-corrected chi connectivity index (χ3v) is 4.14. The Kier molecular flexibility index (Phi) is 4.93. The van der Waals surface area contributed by atoms with Gasteiger partial charge in [0.1, 0.15) is 5.58 Å². The average molecular weight is 392 g/mol. The van der Waals surface area contributed by atoms with E-state index in [1.807, 2.05) is 32.0 Å². The molecule has 0 amide bonds. The topological polar surface area (TPSA) is 54.3 Å². The lowest BCUT2D eigenvalue weighted by molar-refractivity contribution is -0.136. The van der Waals surface area contributed by atoms with Gasteiger partial charge in [0.05, 0.1) is 5.56 Å². The first-order chi connectivity index (χ1) is 12.6. The van der Waals surface area contributed by atoms with Crippen LogP contribution >= 0.6 is 12.2 Å². The van der Waals surface area contributed by atoms with Crippen LogP contribution in [0.25, 0.3) is 11.0 Å². The van der Waals surface area contributed by atoms with Gasteiger partial charge in [-0.1, -0.05) is 17.7 Å².